The number of rotatable bonds is 5. The van der Waals surface area contributed by atoms with Crippen LogP contribution in [0.2, 0.25) is 0 Å². The number of methoxy groups -OCH3 is 1. The summed E-state index contributed by atoms with van der Waals surface area (Å²) in [4.78, 5) is 2.63. The molecule has 0 aliphatic carbocycles. The van der Waals surface area contributed by atoms with Gasteiger partial charge < -0.3 is 10.1 Å². The topological polar surface area (TPSA) is 24.5 Å². The van der Waals surface area contributed by atoms with Crippen molar-refractivity contribution in [2.45, 2.75) is 58.7 Å². The number of hydrogen-bond acceptors (Lipinski definition) is 3. The average molecular weight is 242 g/mol. The molecule has 0 aromatic rings. The van der Waals surface area contributed by atoms with Crippen LogP contribution in [0.5, 0.6) is 0 Å². The molecule has 0 amide bonds. The minimum Gasteiger partial charge on any atom is -0.383 e. The van der Waals surface area contributed by atoms with Crippen molar-refractivity contribution < 1.29 is 4.74 Å². The van der Waals surface area contributed by atoms with Gasteiger partial charge in [-0.15, -0.1) is 0 Å². The molecule has 1 fully saturated rings. The fourth-order valence-corrected chi connectivity index (χ4v) is 2.65. The Kier molecular flexibility index (Phi) is 5.42. The van der Waals surface area contributed by atoms with E-state index in [1.165, 1.54) is 6.42 Å². The van der Waals surface area contributed by atoms with Crippen molar-refractivity contribution in [1.29, 1.82) is 0 Å². The van der Waals surface area contributed by atoms with Crippen LogP contribution >= 0.6 is 0 Å². The molecule has 1 aliphatic rings. The summed E-state index contributed by atoms with van der Waals surface area (Å²) in [5.74, 6) is 0.636. The van der Waals surface area contributed by atoms with Gasteiger partial charge in [0.05, 0.1) is 6.61 Å². The highest BCUT2D eigenvalue weighted by Gasteiger charge is 2.36. The van der Waals surface area contributed by atoms with Gasteiger partial charge in [0.1, 0.15) is 0 Å². The summed E-state index contributed by atoms with van der Waals surface area (Å²) in [6.07, 6.45) is 1.17. The van der Waals surface area contributed by atoms with Gasteiger partial charge in [0.2, 0.25) is 0 Å². The van der Waals surface area contributed by atoms with E-state index in [9.17, 15) is 0 Å². The first-order chi connectivity index (χ1) is 7.93. The highest BCUT2D eigenvalue weighted by Crippen LogP contribution is 2.24. The molecule has 0 bridgehead atoms. The Bertz CT molecular complexity index is 232. The van der Waals surface area contributed by atoms with E-state index in [0.29, 0.717) is 18.0 Å². The van der Waals surface area contributed by atoms with Crippen LogP contribution in [0, 0.1) is 5.92 Å². The van der Waals surface area contributed by atoms with Crippen molar-refractivity contribution in [3.8, 4) is 0 Å². The third kappa shape index (κ3) is 3.67. The summed E-state index contributed by atoms with van der Waals surface area (Å²) >= 11 is 0. The SMILES string of the molecule is CCC1(C)CN(C(COC)C(C)C)C(C)CN1. The zero-order valence-electron chi connectivity index (χ0n) is 12.4. The average Bonchev–Trinajstić information content (AvgIpc) is 2.29. The van der Waals surface area contributed by atoms with Gasteiger partial charge in [-0.05, 0) is 26.2 Å². The molecule has 0 aromatic heterocycles. The largest absolute Gasteiger partial charge is 0.383 e. The van der Waals surface area contributed by atoms with Gasteiger partial charge in [-0.1, -0.05) is 20.8 Å². The Balaban J connectivity index is 2.76. The first-order valence-corrected chi connectivity index (χ1v) is 6.93. The van der Waals surface area contributed by atoms with E-state index >= 15 is 0 Å². The third-order valence-corrected chi connectivity index (χ3v) is 4.24. The van der Waals surface area contributed by atoms with Crippen molar-refractivity contribution >= 4 is 0 Å². The molecule has 1 N–H and O–H groups in total. The van der Waals surface area contributed by atoms with Crippen LogP contribution in [-0.4, -0.2) is 49.3 Å². The molecular weight excluding hydrogens is 212 g/mol. The first-order valence-electron chi connectivity index (χ1n) is 6.93. The van der Waals surface area contributed by atoms with Crippen molar-refractivity contribution in [2.24, 2.45) is 5.92 Å². The van der Waals surface area contributed by atoms with Crippen molar-refractivity contribution in [2.75, 3.05) is 26.8 Å². The summed E-state index contributed by atoms with van der Waals surface area (Å²) in [5.41, 5.74) is 0.257. The standard InChI is InChI=1S/C14H30N2O/c1-7-14(5)10-16(12(4)8-15-14)13(9-17-6)11(2)3/h11-13,15H,7-10H2,1-6H3. The number of nitrogens with zero attached hydrogens (tertiary/aromatic N) is 1. The first kappa shape index (κ1) is 14.9. The molecule has 3 unspecified atom stereocenters. The fraction of sp³-hybridized carbons (Fsp3) is 1.00. The van der Waals surface area contributed by atoms with Crippen molar-refractivity contribution in [3.63, 3.8) is 0 Å². The molecule has 0 spiro atoms. The van der Waals surface area contributed by atoms with Crippen LogP contribution in [0.25, 0.3) is 0 Å². The molecule has 3 heteroatoms. The minimum absolute atomic E-state index is 0.257. The van der Waals surface area contributed by atoms with E-state index in [4.69, 9.17) is 4.74 Å². The van der Waals surface area contributed by atoms with Gasteiger partial charge in [0.25, 0.3) is 0 Å². The van der Waals surface area contributed by atoms with Crippen LogP contribution in [0.1, 0.15) is 41.0 Å². The normalized spacial score (nSPS) is 33.0. The smallest absolute Gasteiger partial charge is 0.0620 e. The zero-order chi connectivity index (χ0) is 13.1. The minimum atomic E-state index is 0.257. The van der Waals surface area contributed by atoms with Gasteiger partial charge in [-0.25, -0.2) is 0 Å². The Labute approximate surface area is 107 Å². The lowest BCUT2D eigenvalue weighted by atomic mass is 9.90. The summed E-state index contributed by atoms with van der Waals surface area (Å²) in [5, 5.41) is 3.68. The molecule has 102 valence electrons. The molecule has 17 heavy (non-hydrogen) atoms. The monoisotopic (exact) mass is 242 g/mol. The summed E-state index contributed by atoms with van der Waals surface area (Å²) < 4.78 is 5.41. The number of piperazine rings is 1. The van der Waals surface area contributed by atoms with Crippen LogP contribution in [0.4, 0.5) is 0 Å². The van der Waals surface area contributed by atoms with Gasteiger partial charge in [-0.2, -0.15) is 0 Å². The van der Waals surface area contributed by atoms with Crippen LogP contribution in [-0.2, 0) is 4.74 Å². The maximum atomic E-state index is 5.41. The highest BCUT2D eigenvalue weighted by atomic mass is 16.5. The Hall–Kier alpha value is -0.120. The molecule has 1 rings (SSSR count). The molecule has 1 aliphatic heterocycles. The highest BCUT2D eigenvalue weighted by molar-refractivity contribution is 4.96. The Morgan fingerprint density at radius 2 is 2.12 bits per heavy atom. The lowest BCUT2D eigenvalue weighted by Crippen LogP contribution is -2.65. The van der Waals surface area contributed by atoms with E-state index in [0.717, 1.165) is 19.7 Å². The van der Waals surface area contributed by atoms with Crippen LogP contribution in [0.3, 0.4) is 0 Å². The zero-order valence-corrected chi connectivity index (χ0v) is 12.4. The molecule has 0 saturated carbocycles. The second-order valence-corrected chi connectivity index (χ2v) is 6.08. The molecule has 1 saturated heterocycles. The van der Waals surface area contributed by atoms with Gasteiger partial charge >= 0.3 is 0 Å². The lowest BCUT2D eigenvalue weighted by Gasteiger charge is -2.49. The van der Waals surface area contributed by atoms with E-state index in [1.807, 2.05) is 0 Å². The quantitative estimate of drug-likeness (QED) is 0.799. The van der Waals surface area contributed by atoms with E-state index in [-0.39, 0.29) is 5.54 Å². The van der Waals surface area contributed by atoms with Crippen LogP contribution in [0.15, 0.2) is 0 Å². The lowest BCUT2D eigenvalue weighted by molar-refractivity contribution is -0.00172. The van der Waals surface area contributed by atoms with Gasteiger partial charge in [0.15, 0.2) is 0 Å². The number of nitrogens with one attached hydrogen (secondary N) is 1. The van der Waals surface area contributed by atoms with Crippen molar-refractivity contribution in [1.82, 2.24) is 10.2 Å². The third-order valence-electron chi connectivity index (χ3n) is 4.24. The number of hydrogen-bond donors (Lipinski definition) is 1. The Morgan fingerprint density at radius 3 is 2.59 bits per heavy atom. The van der Waals surface area contributed by atoms with E-state index < -0.39 is 0 Å². The second kappa shape index (κ2) is 6.17. The molecule has 3 atom stereocenters. The van der Waals surface area contributed by atoms with Gasteiger partial charge in [-0.3, -0.25) is 4.90 Å². The molecule has 0 radical (unpaired) electrons. The predicted octanol–water partition coefficient (Wildman–Crippen LogP) is 2.12. The predicted molar refractivity (Wildman–Crippen MR) is 73.4 cm³/mol. The maximum Gasteiger partial charge on any atom is 0.0620 e. The van der Waals surface area contributed by atoms with Gasteiger partial charge in [0, 0.05) is 37.8 Å². The molecule has 3 nitrogen and oxygen atoms in total. The second-order valence-electron chi connectivity index (χ2n) is 6.08. The fourth-order valence-electron chi connectivity index (χ4n) is 2.65. The summed E-state index contributed by atoms with van der Waals surface area (Å²) in [7, 11) is 1.81. The van der Waals surface area contributed by atoms with Crippen LogP contribution < -0.4 is 5.32 Å². The summed E-state index contributed by atoms with van der Waals surface area (Å²) in [6.45, 7) is 14.5. The molecule has 0 aromatic carbocycles. The molecule has 1 heterocycles. The summed E-state index contributed by atoms with van der Waals surface area (Å²) in [6, 6.07) is 1.13. The molecular formula is C14H30N2O. The maximum absolute atomic E-state index is 5.41. The van der Waals surface area contributed by atoms with E-state index in [2.05, 4.69) is 44.8 Å². The van der Waals surface area contributed by atoms with E-state index in [1.54, 1.807) is 7.11 Å². The number of ether oxygens (including phenoxy) is 1. The Morgan fingerprint density at radius 1 is 1.47 bits per heavy atom. The van der Waals surface area contributed by atoms with Crippen molar-refractivity contribution in [3.05, 3.63) is 0 Å².